The van der Waals surface area contributed by atoms with Crippen LogP contribution >= 0.6 is 11.6 Å². The lowest BCUT2D eigenvalue weighted by molar-refractivity contribution is -0.143. The Bertz CT molecular complexity index is 721. The summed E-state index contributed by atoms with van der Waals surface area (Å²) in [5, 5.41) is 12.7. The van der Waals surface area contributed by atoms with Crippen molar-refractivity contribution in [2.45, 2.75) is 26.7 Å². The number of benzene rings is 2. The SMILES string of the molecule is Cc1cc(C)cc(C[C@H](CC(=O)Nc2ccc(Cl)cc2)C(=O)O)c1. The molecule has 126 valence electrons. The second kappa shape index (κ2) is 7.97. The quantitative estimate of drug-likeness (QED) is 0.823. The second-order valence-corrected chi connectivity index (χ2v) is 6.43. The Morgan fingerprint density at radius 2 is 1.67 bits per heavy atom. The molecule has 24 heavy (non-hydrogen) atoms. The third-order valence-electron chi connectivity index (χ3n) is 3.67. The van der Waals surface area contributed by atoms with Gasteiger partial charge in [-0.2, -0.15) is 0 Å². The standard InChI is InChI=1S/C19H20ClNO3/c1-12-7-13(2)9-14(8-12)10-15(19(23)24)11-18(22)21-17-5-3-16(20)4-6-17/h3-9,15H,10-11H2,1-2H3,(H,21,22)(H,23,24)/t15-/m1/s1. The van der Waals surface area contributed by atoms with Gasteiger partial charge in [0.1, 0.15) is 0 Å². The molecular formula is C19H20ClNO3. The van der Waals surface area contributed by atoms with E-state index < -0.39 is 11.9 Å². The summed E-state index contributed by atoms with van der Waals surface area (Å²) in [6.07, 6.45) is 0.247. The van der Waals surface area contributed by atoms with Crippen molar-refractivity contribution < 1.29 is 14.7 Å². The van der Waals surface area contributed by atoms with E-state index in [2.05, 4.69) is 5.32 Å². The molecule has 2 rings (SSSR count). The summed E-state index contributed by atoms with van der Waals surface area (Å²) in [4.78, 5) is 23.6. The van der Waals surface area contributed by atoms with Crippen LogP contribution in [-0.2, 0) is 16.0 Å². The lowest BCUT2D eigenvalue weighted by Crippen LogP contribution is -2.24. The van der Waals surface area contributed by atoms with Crippen LogP contribution in [0.25, 0.3) is 0 Å². The molecule has 0 saturated heterocycles. The fraction of sp³-hybridized carbons (Fsp3) is 0.263. The number of carbonyl (C=O) groups excluding carboxylic acids is 1. The molecule has 2 N–H and O–H groups in total. The summed E-state index contributed by atoms with van der Waals surface area (Å²) in [7, 11) is 0. The second-order valence-electron chi connectivity index (χ2n) is 5.99. The molecule has 0 fully saturated rings. The number of aryl methyl sites for hydroxylation is 2. The fourth-order valence-corrected chi connectivity index (χ4v) is 2.81. The van der Waals surface area contributed by atoms with E-state index in [4.69, 9.17) is 11.6 Å². The summed E-state index contributed by atoms with van der Waals surface area (Å²) in [5.41, 5.74) is 3.69. The predicted molar refractivity (Wildman–Crippen MR) is 95.4 cm³/mol. The number of aliphatic carboxylic acids is 1. The molecule has 2 aromatic carbocycles. The third-order valence-corrected chi connectivity index (χ3v) is 3.92. The molecule has 1 atom stereocenters. The van der Waals surface area contributed by atoms with Gasteiger partial charge in [0.25, 0.3) is 0 Å². The van der Waals surface area contributed by atoms with Crippen molar-refractivity contribution in [3.63, 3.8) is 0 Å². The lowest BCUT2D eigenvalue weighted by Gasteiger charge is -2.14. The Balaban J connectivity index is 2.03. The molecule has 0 aliphatic rings. The number of carbonyl (C=O) groups is 2. The summed E-state index contributed by atoms with van der Waals surface area (Å²) in [6.45, 7) is 3.94. The van der Waals surface area contributed by atoms with Crippen molar-refractivity contribution in [1.29, 1.82) is 0 Å². The largest absolute Gasteiger partial charge is 0.481 e. The van der Waals surface area contributed by atoms with Gasteiger partial charge in [-0.25, -0.2) is 0 Å². The number of anilines is 1. The van der Waals surface area contributed by atoms with Gasteiger partial charge in [0.15, 0.2) is 0 Å². The van der Waals surface area contributed by atoms with Crippen LogP contribution < -0.4 is 5.32 Å². The molecular weight excluding hydrogens is 326 g/mol. The normalized spacial score (nSPS) is 11.8. The molecule has 0 aromatic heterocycles. The van der Waals surface area contributed by atoms with Crippen LogP contribution in [0, 0.1) is 19.8 Å². The predicted octanol–water partition coefficient (Wildman–Crippen LogP) is 4.23. The van der Waals surface area contributed by atoms with E-state index in [9.17, 15) is 14.7 Å². The molecule has 0 spiro atoms. The first kappa shape index (κ1) is 18.0. The van der Waals surface area contributed by atoms with E-state index >= 15 is 0 Å². The molecule has 0 aliphatic heterocycles. The Hall–Kier alpha value is -2.33. The van der Waals surface area contributed by atoms with Crippen LogP contribution in [0.4, 0.5) is 5.69 Å². The number of carboxylic acids is 1. The smallest absolute Gasteiger partial charge is 0.307 e. The topological polar surface area (TPSA) is 66.4 Å². The van der Waals surface area contributed by atoms with Gasteiger partial charge in [-0.1, -0.05) is 40.9 Å². The van der Waals surface area contributed by atoms with Crippen molar-refractivity contribution in [3.8, 4) is 0 Å². The summed E-state index contributed by atoms with van der Waals surface area (Å²) >= 11 is 5.80. The van der Waals surface area contributed by atoms with E-state index in [1.165, 1.54) is 0 Å². The molecule has 2 aromatic rings. The Morgan fingerprint density at radius 1 is 1.08 bits per heavy atom. The van der Waals surface area contributed by atoms with Crippen LogP contribution in [0.2, 0.25) is 5.02 Å². The summed E-state index contributed by atoms with van der Waals surface area (Å²) in [5.74, 6) is -2.06. The van der Waals surface area contributed by atoms with Crippen molar-refractivity contribution in [2.75, 3.05) is 5.32 Å². The minimum atomic E-state index is -0.972. The van der Waals surface area contributed by atoms with Crippen LogP contribution in [0.1, 0.15) is 23.1 Å². The van der Waals surface area contributed by atoms with Gasteiger partial charge < -0.3 is 10.4 Å². The first-order chi connectivity index (χ1) is 11.3. The highest BCUT2D eigenvalue weighted by molar-refractivity contribution is 6.30. The number of nitrogens with one attached hydrogen (secondary N) is 1. The van der Waals surface area contributed by atoms with E-state index in [1.54, 1.807) is 24.3 Å². The maximum absolute atomic E-state index is 12.1. The van der Waals surface area contributed by atoms with E-state index in [0.29, 0.717) is 17.1 Å². The number of hydrogen-bond acceptors (Lipinski definition) is 2. The van der Waals surface area contributed by atoms with Crippen LogP contribution in [0.5, 0.6) is 0 Å². The monoisotopic (exact) mass is 345 g/mol. The molecule has 0 radical (unpaired) electrons. The maximum Gasteiger partial charge on any atom is 0.307 e. The molecule has 0 aliphatic carbocycles. The average Bonchev–Trinajstić information content (AvgIpc) is 2.48. The van der Waals surface area contributed by atoms with Crippen molar-refractivity contribution in [1.82, 2.24) is 0 Å². The number of rotatable bonds is 6. The number of carboxylic acid groups (broad SMARTS) is 1. The number of hydrogen-bond donors (Lipinski definition) is 2. The molecule has 0 bridgehead atoms. The first-order valence-corrected chi connectivity index (χ1v) is 8.06. The van der Waals surface area contributed by atoms with Crippen LogP contribution in [0.3, 0.4) is 0 Å². The van der Waals surface area contributed by atoms with Crippen molar-refractivity contribution in [2.24, 2.45) is 5.92 Å². The van der Waals surface area contributed by atoms with Gasteiger partial charge in [-0.3, -0.25) is 9.59 Å². The third kappa shape index (κ3) is 5.39. The van der Waals surface area contributed by atoms with Crippen molar-refractivity contribution >= 4 is 29.2 Å². The summed E-state index contributed by atoms with van der Waals surface area (Å²) in [6, 6.07) is 12.6. The van der Waals surface area contributed by atoms with E-state index in [1.807, 2.05) is 32.0 Å². The Morgan fingerprint density at radius 3 is 2.21 bits per heavy atom. The van der Waals surface area contributed by atoms with E-state index in [0.717, 1.165) is 16.7 Å². The highest BCUT2D eigenvalue weighted by Crippen LogP contribution is 2.18. The average molecular weight is 346 g/mol. The highest BCUT2D eigenvalue weighted by Gasteiger charge is 2.22. The van der Waals surface area contributed by atoms with Crippen molar-refractivity contribution in [3.05, 3.63) is 64.2 Å². The van der Waals surface area contributed by atoms with Gasteiger partial charge in [0.05, 0.1) is 5.92 Å². The minimum absolute atomic E-state index is 0.0784. The van der Waals surface area contributed by atoms with Crippen LogP contribution in [0.15, 0.2) is 42.5 Å². The summed E-state index contributed by atoms with van der Waals surface area (Å²) < 4.78 is 0. The zero-order chi connectivity index (χ0) is 17.7. The number of amides is 1. The highest BCUT2D eigenvalue weighted by atomic mass is 35.5. The Labute approximate surface area is 146 Å². The Kier molecular flexibility index (Phi) is 5.99. The number of halogens is 1. The van der Waals surface area contributed by atoms with Gasteiger partial charge in [0, 0.05) is 17.1 Å². The fourth-order valence-electron chi connectivity index (χ4n) is 2.69. The maximum atomic E-state index is 12.1. The van der Waals surface area contributed by atoms with Gasteiger partial charge in [-0.15, -0.1) is 0 Å². The molecule has 0 heterocycles. The molecule has 0 saturated carbocycles. The molecule has 1 amide bonds. The van der Waals surface area contributed by atoms with Gasteiger partial charge >= 0.3 is 5.97 Å². The van der Waals surface area contributed by atoms with Gasteiger partial charge in [0.2, 0.25) is 5.91 Å². The first-order valence-electron chi connectivity index (χ1n) is 7.69. The molecule has 4 nitrogen and oxygen atoms in total. The van der Waals surface area contributed by atoms with Crippen LogP contribution in [-0.4, -0.2) is 17.0 Å². The lowest BCUT2D eigenvalue weighted by atomic mass is 9.94. The zero-order valence-electron chi connectivity index (χ0n) is 13.7. The molecule has 5 heteroatoms. The zero-order valence-corrected chi connectivity index (χ0v) is 14.4. The van der Waals surface area contributed by atoms with Gasteiger partial charge in [-0.05, 0) is 50.1 Å². The molecule has 0 unspecified atom stereocenters. The van der Waals surface area contributed by atoms with E-state index in [-0.39, 0.29) is 12.3 Å². The minimum Gasteiger partial charge on any atom is -0.481 e.